The lowest BCUT2D eigenvalue weighted by molar-refractivity contribution is -0.144. The van der Waals surface area contributed by atoms with Crippen LogP contribution in [0.3, 0.4) is 0 Å². The number of nitrogens with zero attached hydrogens (tertiary/aromatic N) is 1. The van der Waals surface area contributed by atoms with E-state index in [1.165, 1.54) is 154 Å². The highest BCUT2D eigenvalue weighted by Crippen LogP contribution is 2.20. The number of likely N-dealkylation sites (tertiary alicyclic amines) is 1. The molecule has 0 saturated carbocycles. The number of esters is 2. The van der Waals surface area contributed by atoms with Gasteiger partial charge in [0.05, 0.1) is 26.1 Å². The molecule has 1 fully saturated rings. The van der Waals surface area contributed by atoms with Gasteiger partial charge in [0.15, 0.2) is 0 Å². The first-order valence-corrected chi connectivity index (χ1v) is 20.9. The normalized spacial score (nSPS) is 14.1. The van der Waals surface area contributed by atoms with Gasteiger partial charge in [0.2, 0.25) is 0 Å². The van der Waals surface area contributed by atoms with Crippen molar-refractivity contribution in [3.05, 3.63) is 0 Å². The van der Waals surface area contributed by atoms with E-state index in [4.69, 9.17) is 9.47 Å². The first-order chi connectivity index (χ1) is 23.2. The molecule has 0 aromatic carbocycles. The predicted molar refractivity (Wildman–Crippen MR) is 200 cm³/mol. The van der Waals surface area contributed by atoms with Gasteiger partial charge in [-0.1, -0.05) is 155 Å². The van der Waals surface area contributed by atoms with Crippen LogP contribution in [0.5, 0.6) is 0 Å². The van der Waals surface area contributed by atoms with Gasteiger partial charge in [-0.2, -0.15) is 0 Å². The Morgan fingerprint density at radius 1 is 0.532 bits per heavy atom. The van der Waals surface area contributed by atoms with Crippen LogP contribution in [0.15, 0.2) is 0 Å². The summed E-state index contributed by atoms with van der Waals surface area (Å²) >= 11 is 0. The van der Waals surface area contributed by atoms with E-state index in [1.54, 1.807) is 0 Å². The summed E-state index contributed by atoms with van der Waals surface area (Å²) in [4.78, 5) is 26.6. The fourth-order valence-corrected chi connectivity index (χ4v) is 6.77. The first-order valence-electron chi connectivity index (χ1n) is 20.9. The van der Waals surface area contributed by atoms with Crippen molar-refractivity contribution in [3.8, 4) is 0 Å². The Hall–Kier alpha value is -1.14. The lowest BCUT2D eigenvalue weighted by Crippen LogP contribution is -2.36. The lowest BCUT2D eigenvalue weighted by Gasteiger charge is -2.31. The minimum absolute atomic E-state index is 0.0352. The molecule has 1 heterocycles. The number of carbonyl (C=O) groups is 2. The Morgan fingerprint density at radius 2 is 0.915 bits per heavy atom. The fourth-order valence-electron chi connectivity index (χ4n) is 6.77. The molecule has 1 saturated heterocycles. The molecule has 0 aromatic heterocycles. The van der Waals surface area contributed by atoms with Crippen molar-refractivity contribution in [3.63, 3.8) is 0 Å². The molecular weight excluding hydrogens is 584 g/mol. The number of hydrogen-bond donors (Lipinski definition) is 1. The minimum atomic E-state index is -0.0681. The molecule has 1 aliphatic rings. The summed E-state index contributed by atoms with van der Waals surface area (Å²) in [5.41, 5.74) is 0. The second kappa shape index (κ2) is 34.7. The zero-order chi connectivity index (χ0) is 33.9. The molecule has 0 spiro atoms. The summed E-state index contributed by atoms with van der Waals surface area (Å²) in [7, 11) is 0. The molecule has 0 atom stereocenters. The Kier molecular flexibility index (Phi) is 32.4. The van der Waals surface area contributed by atoms with Crippen LogP contribution in [0.1, 0.15) is 200 Å². The number of hydrogen-bond acceptors (Lipinski definition) is 6. The van der Waals surface area contributed by atoms with E-state index in [1.807, 2.05) is 0 Å². The molecular formula is C41H80N2O4. The van der Waals surface area contributed by atoms with Crippen molar-refractivity contribution in [2.45, 2.75) is 200 Å². The molecule has 0 aliphatic carbocycles. The highest BCUT2D eigenvalue weighted by atomic mass is 16.5. The van der Waals surface area contributed by atoms with E-state index in [-0.39, 0.29) is 11.9 Å². The van der Waals surface area contributed by atoms with E-state index in [9.17, 15) is 9.59 Å². The molecule has 0 aromatic rings. The fraction of sp³-hybridized carbons (Fsp3) is 0.951. The van der Waals surface area contributed by atoms with Gasteiger partial charge in [0.25, 0.3) is 0 Å². The summed E-state index contributed by atoms with van der Waals surface area (Å²) < 4.78 is 10.9. The third kappa shape index (κ3) is 30.6. The maximum absolute atomic E-state index is 12.2. The summed E-state index contributed by atoms with van der Waals surface area (Å²) in [6.07, 6.45) is 36.2. The van der Waals surface area contributed by atoms with Crippen molar-refractivity contribution >= 4 is 11.9 Å². The standard InChI is InChI=1S/C41H80N2O4/c1-3-5-7-9-11-13-15-17-19-21-23-25-37-46-40(44)28-33-42-32-27-39-29-34-43(35-30-39)36-31-41(45)47-38-26-24-22-20-18-16-14-12-10-8-6-4-2/h39,42H,3-38H2,1-2H3. The van der Waals surface area contributed by atoms with Crippen molar-refractivity contribution in [2.24, 2.45) is 5.92 Å². The van der Waals surface area contributed by atoms with E-state index < -0.39 is 0 Å². The van der Waals surface area contributed by atoms with Gasteiger partial charge < -0.3 is 19.7 Å². The van der Waals surface area contributed by atoms with Gasteiger partial charge in [-0.25, -0.2) is 0 Å². The van der Waals surface area contributed by atoms with Crippen LogP contribution < -0.4 is 5.32 Å². The van der Waals surface area contributed by atoms with Crippen molar-refractivity contribution in [1.29, 1.82) is 0 Å². The predicted octanol–water partition coefficient (Wildman–Crippen LogP) is 10.9. The van der Waals surface area contributed by atoms with Crippen LogP contribution in [0, 0.1) is 5.92 Å². The third-order valence-electron chi connectivity index (χ3n) is 10.1. The highest BCUT2D eigenvalue weighted by molar-refractivity contribution is 5.69. The van der Waals surface area contributed by atoms with Gasteiger partial charge in [-0.05, 0) is 57.7 Å². The highest BCUT2D eigenvalue weighted by Gasteiger charge is 2.19. The van der Waals surface area contributed by atoms with Crippen molar-refractivity contribution in [1.82, 2.24) is 10.2 Å². The largest absolute Gasteiger partial charge is 0.466 e. The van der Waals surface area contributed by atoms with Crippen LogP contribution in [-0.2, 0) is 19.1 Å². The molecule has 278 valence electrons. The number of carbonyl (C=O) groups excluding carboxylic acids is 2. The van der Waals surface area contributed by atoms with E-state index in [2.05, 4.69) is 24.1 Å². The molecule has 6 nitrogen and oxygen atoms in total. The molecule has 0 radical (unpaired) electrons. The molecule has 1 N–H and O–H groups in total. The monoisotopic (exact) mass is 665 g/mol. The van der Waals surface area contributed by atoms with Gasteiger partial charge in [0.1, 0.15) is 0 Å². The van der Waals surface area contributed by atoms with Gasteiger partial charge in [-0.15, -0.1) is 0 Å². The van der Waals surface area contributed by atoms with E-state index in [0.717, 1.165) is 51.4 Å². The molecule has 6 heteroatoms. The van der Waals surface area contributed by atoms with Crippen LogP contribution in [-0.4, -0.2) is 62.8 Å². The van der Waals surface area contributed by atoms with Crippen molar-refractivity contribution < 1.29 is 19.1 Å². The van der Waals surface area contributed by atoms with Crippen LogP contribution in [0.4, 0.5) is 0 Å². The molecule has 0 unspecified atom stereocenters. The number of unbranched alkanes of at least 4 members (excludes halogenated alkanes) is 22. The summed E-state index contributed by atoms with van der Waals surface area (Å²) in [6.45, 7) is 10.3. The number of ether oxygens (including phenoxy) is 2. The summed E-state index contributed by atoms with van der Waals surface area (Å²) in [5, 5.41) is 3.44. The van der Waals surface area contributed by atoms with E-state index in [0.29, 0.717) is 32.6 Å². The van der Waals surface area contributed by atoms with Crippen LogP contribution in [0.25, 0.3) is 0 Å². The Morgan fingerprint density at radius 3 is 1.34 bits per heavy atom. The zero-order valence-electron chi connectivity index (χ0n) is 31.6. The maximum Gasteiger partial charge on any atom is 0.307 e. The van der Waals surface area contributed by atoms with Gasteiger partial charge in [0, 0.05) is 13.1 Å². The molecule has 1 aliphatic heterocycles. The summed E-state index contributed by atoms with van der Waals surface area (Å²) in [6, 6.07) is 0. The molecule has 0 bridgehead atoms. The average Bonchev–Trinajstić information content (AvgIpc) is 3.08. The second-order valence-electron chi connectivity index (χ2n) is 14.5. The third-order valence-corrected chi connectivity index (χ3v) is 10.1. The van der Waals surface area contributed by atoms with Crippen LogP contribution in [0.2, 0.25) is 0 Å². The van der Waals surface area contributed by atoms with Crippen LogP contribution >= 0.6 is 0 Å². The molecule has 1 rings (SSSR count). The van der Waals surface area contributed by atoms with Crippen molar-refractivity contribution in [2.75, 3.05) is 45.9 Å². The Labute approximate surface area is 292 Å². The Balaban J connectivity index is 1.82. The number of nitrogens with one attached hydrogen (secondary N) is 1. The molecule has 47 heavy (non-hydrogen) atoms. The quantitative estimate of drug-likeness (QED) is 0.0537. The lowest BCUT2D eigenvalue weighted by atomic mass is 9.93. The number of piperidine rings is 1. The molecule has 0 amide bonds. The smallest absolute Gasteiger partial charge is 0.307 e. The average molecular weight is 665 g/mol. The number of rotatable bonds is 35. The first kappa shape index (κ1) is 43.9. The SMILES string of the molecule is CCCCCCCCCCCCCCOC(=O)CCNCCC1CCN(CCC(=O)OCCCCCCCCCCCCCC)CC1. The zero-order valence-corrected chi connectivity index (χ0v) is 31.6. The Bertz CT molecular complexity index is 678. The van der Waals surface area contributed by atoms with Gasteiger partial charge in [-0.3, -0.25) is 9.59 Å². The second-order valence-corrected chi connectivity index (χ2v) is 14.5. The maximum atomic E-state index is 12.2. The minimum Gasteiger partial charge on any atom is -0.466 e. The topological polar surface area (TPSA) is 67.9 Å². The van der Waals surface area contributed by atoms with E-state index >= 15 is 0 Å². The summed E-state index contributed by atoms with van der Waals surface area (Å²) in [5.74, 6) is 0.628. The van der Waals surface area contributed by atoms with Gasteiger partial charge >= 0.3 is 11.9 Å².